The molecule has 0 unspecified atom stereocenters. The first kappa shape index (κ1) is 9.09. The number of carboxylic acid groups (broad SMARTS) is 1. The molecule has 1 amide bonds. The molecule has 0 aliphatic heterocycles. The maximum Gasteiger partial charge on any atom is 0.446 e. The average molecular weight is 165 g/mol. The first-order valence-electron chi connectivity index (χ1n) is 2.67. The molecule has 0 radical (unpaired) electrons. The Labute approximate surface area is 59.4 Å². The van der Waals surface area contributed by atoms with Crippen molar-refractivity contribution >= 4 is 16.6 Å². The molecule has 1 rings (SSSR count). The van der Waals surface area contributed by atoms with E-state index >= 15 is 0 Å². The summed E-state index contributed by atoms with van der Waals surface area (Å²) in [4.78, 5) is 9.25. The van der Waals surface area contributed by atoms with Crippen molar-refractivity contribution in [3.05, 3.63) is 0 Å². The smallest absolute Gasteiger partial charge is 0.446 e. The van der Waals surface area contributed by atoms with Gasteiger partial charge in [-0.2, -0.15) is 8.42 Å². The molecule has 1 aliphatic rings. The molecule has 10 heavy (non-hydrogen) atoms. The van der Waals surface area contributed by atoms with Crippen LogP contribution >= 0.6 is 0 Å². The summed E-state index contributed by atoms with van der Waals surface area (Å²) in [7, 11) is -2.82. The van der Waals surface area contributed by atoms with Gasteiger partial charge in [0, 0.05) is 0 Å². The molecule has 1 aliphatic carbocycles. The molecule has 1 N–H and O–H groups in total. The largest absolute Gasteiger partial charge is 0.463 e. The van der Waals surface area contributed by atoms with Gasteiger partial charge < -0.3 is 5.11 Å². The van der Waals surface area contributed by atoms with Crippen molar-refractivity contribution in [3.63, 3.8) is 0 Å². The van der Waals surface area contributed by atoms with Crippen LogP contribution in [0.25, 0.3) is 0 Å². The zero-order valence-electron chi connectivity index (χ0n) is 5.15. The molecular weight excluding hydrogens is 158 g/mol. The Morgan fingerprint density at radius 1 is 1.30 bits per heavy atom. The van der Waals surface area contributed by atoms with Crippen molar-refractivity contribution in [2.24, 2.45) is 4.36 Å². The van der Waals surface area contributed by atoms with Crippen LogP contribution in [-0.2, 0) is 10.5 Å². The van der Waals surface area contributed by atoms with Gasteiger partial charge in [-0.05, 0) is 0 Å². The maximum atomic E-state index is 9.26. The molecule has 6 heteroatoms. The predicted molar refractivity (Wildman–Crippen MR) is 33.2 cm³/mol. The molecule has 0 spiro atoms. The highest BCUT2D eigenvalue weighted by Crippen LogP contribution is 2.14. The molecule has 0 atom stereocenters. The fourth-order valence-electron chi connectivity index (χ4n) is 0.0638. The molecule has 0 aromatic heterocycles. The number of hydrogen-bond donors (Lipinski definition) is 1. The SMILES string of the molecule is C1CC1.O=C(O)N=S(=O)=O. The minimum Gasteiger partial charge on any atom is -0.463 e. The van der Waals surface area contributed by atoms with E-state index in [9.17, 15) is 13.2 Å². The Bertz CT molecular complexity index is 217. The lowest BCUT2D eigenvalue weighted by molar-refractivity contribution is 0.206. The molecule has 0 saturated heterocycles. The molecule has 0 aromatic carbocycles. The van der Waals surface area contributed by atoms with E-state index < -0.39 is 16.6 Å². The highest BCUT2D eigenvalue weighted by molar-refractivity contribution is 7.62. The monoisotopic (exact) mass is 165 g/mol. The van der Waals surface area contributed by atoms with Gasteiger partial charge in [-0.25, -0.2) is 4.79 Å². The number of nitrogens with zero attached hydrogens (tertiary/aromatic N) is 1. The Balaban J connectivity index is 0.000000219. The third kappa shape index (κ3) is 15.7. The van der Waals surface area contributed by atoms with Crippen LogP contribution in [0.2, 0.25) is 0 Å². The fraction of sp³-hybridized carbons (Fsp3) is 0.750. The molecule has 0 heterocycles. The Morgan fingerprint density at radius 3 is 1.70 bits per heavy atom. The standard InChI is InChI=1S/C3H6.CHNO4S/c1-2-3-1;3-1(4)2-7(5)6/h1-3H2;(H,3,4). The van der Waals surface area contributed by atoms with E-state index in [0.717, 1.165) is 0 Å². The average Bonchev–Trinajstić information content (AvgIpc) is 2.38. The highest BCUT2D eigenvalue weighted by Gasteiger charge is 1.95. The summed E-state index contributed by atoms with van der Waals surface area (Å²) in [5, 5.41) is 7.52. The van der Waals surface area contributed by atoms with Gasteiger partial charge in [-0.3, -0.25) is 0 Å². The lowest BCUT2D eigenvalue weighted by Crippen LogP contribution is -1.80. The summed E-state index contributed by atoms with van der Waals surface area (Å²) in [6.45, 7) is 0. The summed E-state index contributed by atoms with van der Waals surface area (Å²) in [6.07, 6.45) is 2.80. The predicted octanol–water partition coefficient (Wildman–Crippen LogP) is 0.897. The van der Waals surface area contributed by atoms with Gasteiger partial charge in [0.25, 0.3) is 0 Å². The normalized spacial score (nSPS) is 12.4. The quantitative estimate of drug-likeness (QED) is 0.577. The van der Waals surface area contributed by atoms with Gasteiger partial charge in [0.2, 0.25) is 0 Å². The summed E-state index contributed by atoms with van der Waals surface area (Å²) in [5.41, 5.74) is 0. The van der Waals surface area contributed by atoms with Crippen molar-refractivity contribution in [1.29, 1.82) is 0 Å². The van der Waals surface area contributed by atoms with E-state index in [4.69, 9.17) is 5.11 Å². The van der Waals surface area contributed by atoms with E-state index in [2.05, 4.69) is 4.36 Å². The second kappa shape index (κ2) is 4.92. The molecule has 58 valence electrons. The second-order valence-corrected chi connectivity index (χ2v) is 2.27. The minimum absolute atomic E-state index is 1.50. The van der Waals surface area contributed by atoms with E-state index in [-0.39, 0.29) is 0 Å². The third-order valence-corrected chi connectivity index (χ3v) is 0.811. The second-order valence-electron chi connectivity index (χ2n) is 1.65. The fourth-order valence-corrected chi connectivity index (χ4v) is 0.191. The van der Waals surface area contributed by atoms with Gasteiger partial charge in [0.1, 0.15) is 0 Å². The van der Waals surface area contributed by atoms with Crippen molar-refractivity contribution in [2.45, 2.75) is 19.3 Å². The van der Waals surface area contributed by atoms with Crippen LogP contribution in [0.5, 0.6) is 0 Å². The number of rotatable bonds is 0. The lowest BCUT2D eigenvalue weighted by Gasteiger charge is -1.62. The van der Waals surface area contributed by atoms with Crippen LogP contribution in [0, 0.1) is 0 Å². The van der Waals surface area contributed by atoms with Gasteiger partial charge >= 0.3 is 16.6 Å². The van der Waals surface area contributed by atoms with E-state index in [1.807, 2.05) is 0 Å². The van der Waals surface area contributed by atoms with Crippen LogP contribution in [0.3, 0.4) is 0 Å². The van der Waals surface area contributed by atoms with E-state index in [0.29, 0.717) is 0 Å². The molecule has 1 saturated carbocycles. The van der Waals surface area contributed by atoms with Crippen molar-refractivity contribution < 1.29 is 18.3 Å². The lowest BCUT2D eigenvalue weighted by atomic mass is 11.0. The summed E-state index contributed by atoms with van der Waals surface area (Å²) in [6, 6.07) is 0. The Kier molecular flexibility index (Phi) is 4.47. The maximum absolute atomic E-state index is 9.26. The van der Waals surface area contributed by atoms with Crippen molar-refractivity contribution in [1.82, 2.24) is 0 Å². The summed E-state index contributed by atoms with van der Waals surface area (Å²) >= 11 is 0. The van der Waals surface area contributed by atoms with Crippen LogP contribution < -0.4 is 0 Å². The molecular formula is C4H7NO4S. The number of carbonyl (C=O) groups is 1. The van der Waals surface area contributed by atoms with E-state index in [1.165, 1.54) is 19.3 Å². The van der Waals surface area contributed by atoms with Crippen LogP contribution in [0.4, 0.5) is 4.79 Å². The number of amides is 1. The van der Waals surface area contributed by atoms with Crippen LogP contribution in [0.1, 0.15) is 19.3 Å². The highest BCUT2D eigenvalue weighted by atomic mass is 32.2. The third-order valence-electron chi connectivity index (χ3n) is 0.506. The van der Waals surface area contributed by atoms with E-state index in [1.54, 1.807) is 0 Å². The Hall–Kier alpha value is -0.910. The summed E-state index contributed by atoms with van der Waals surface area (Å²) in [5.74, 6) is 0. The van der Waals surface area contributed by atoms with Gasteiger partial charge in [0.15, 0.2) is 0 Å². The summed E-state index contributed by atoms with van der Waals surface area (Å²) < 4.78 is 20.6. The van der Waals surface area contributed by atoms with Gasteiger partial charge in [0.05, 0.1) is 0 Å². The van der Waals surface area contributed by atoms with Crippen molar-refractivity contribution in [2.75, 3.05) is 0 Å². The van der Waals surface area contributed by atoms with Crippen molar-refractivity contribution in [3.8, 4) is 0 Å². The molecule has 0 aromatic rings. The number of hydrogen-bond acceptors (Lipinski definition) is 3. The van der Waals surface area contributed by atoms with Gasteiger partial charge in [-0.1, -0.05) is 23.6 Å². The van der Waals surface area contributed by atoms with Crippen LogP contribution in [-0.4, -0.2) is 19.6 Å². The van der Waals surface area contributed by atoms with Gasteiger partial charge in [-0.15, -0.1) is 0 Å². The first-order chi connectivity index (χ1) is 4.63. The zero-order chi connectivity index (χ0) is 7.98. The van der Waals surface area contributed by atoms with Crippen LogP contribution in [0.15, 0.2) is 4.36 Å². The zero-order valence-corrected chi connectivity index (χ0v) is 5.97. The molecule has 1 fully saturated rings. The Morgan fingerprint density at radius 2 is 1.70 bits per heavy atom. The minimum atomic E-state index is -2.82. The topological polar surface area (TPSA) is 83.8 Å². The molecule has 0 bridgehead atoms. The molecule has 5 nitrogen and oxygen atoms in total. The first-order valence-corrected chi connectivity index (χ1v) is 3.70.